The zero-order valence-electron chi connectivity index (χ0n) is 16.9. The van der Waals surface area contributed by atoms with E-state index in [1.54, 1.807) is 0 Å². The lowest BCUT2D eigenvalue weighted by Crippen LogP contribution is -2.44. The van der Waals surface area contributed by atoms with Crippen LogP contribution in [0.3, 0.4) is 0 Å². The van der Waals surface area contributed by atoms with Crippen molar-refractivity contribution in [3.8, 4) is 11.1 Å². The molecule has 0 aliphatic heterocycles. The van der Waals surface area contributed by atoms with Crippen molar-refractivity contribution in [3.05, 3.63) is 96.1 Å². The summed E-state index contributed by atoms with van der Waals surface area (Å²) in [5, 5.41) is 2.71. The predicted molar refractivity (Wildman–Crippen MR) is 116 cm³/mol. The van der Waals surface area contributed by atoms with Crippen LogP contribution in [-0.2, 0) is 32.1 Å². The lowest BCUT2D eigenvalue weighted by Gasteiger charge is -2.17. The van der Waals surface area contributed by atoms with Gasteiger partial charge in [0.05, 0.1) is 13.7 Å². The fourth-order valence-electron chi connectivity index (χ4n) is 3.11. The molecule has 0 aliphatic rings. The first kappa shape index (κ1) is 21.3. The SMILES string of the molecule is COC(=O)[C@H](Cc1ccc(-c2ccccc2)cc1)NC(=O)COCc1ccccc1. The summed E-state index contributed by atoms with van der Waals surface area (Å²) in [6.07, 6.45) is 0.339. The Labute approximate surface area is 176 Å². The highest BCUT2D eigenvalue weighted by Crippen LogP contribution is 2.19. The molecule has 0 spiro atoms. The van der Waals surface area contributed by atoms with E-state index in [0.29, 0.717) is 13.0 Å². The van der Waals surface area contributed by atoms with Crippen LogP contribution in [0.15, 0.2) is 84.9 Å². The number of hydrogen-bond donors (Lipinski definition) is 1. The Kier molecular flexibility index (Phi) is 7.75. The van der Waals surface area contributed by atoms with Crippen molar-refractivity contribution in [2.24, 2.45) is 0 Å². The summed E-state index contributed by atoms with van der Waals surface area (Å²) in [4.78, 5) is 24.4. The Hall–Kier alpha value is -3.44. The van der Waals surface area contributed by atoms with Gasteiger partial charge in [-0.25, -0.2) is 4.79 Å². The van der Waals surface area contributed by atoms with Crippen LogP contribution in [0.2, 0.25) is 0 Å². The van der Waals surface area contributed by atoms with Crippen LogP contribution in [0.25, 0.3) is 11.1 Å². The molecule has 0 aromatic heterocycles. The first-order valence-corrected chi connectivity index (χ1v) is 9.79. The molecule has 0 aliphatic carbocycles. The molecule has 5 heteroatoms. The number of esters is 1. The van der Waals surface area contributed by atoms with E-state index in [9.17, 15) is 9.59 Å². The lowest BCUT2D eigenvalue weighted by molar-refractivity contribution is -0.145. The summed E-state index contributed by atoms with van der Waals surface area (Å²) in [5.74, 6) is -0.846. The molecule has 1 N–H and O–H groups in total. The number of ether oxygens (including phenoxy) is 2. The molecule has 0 bridgehead atoms. The molecular weight excluding hydrogens is 378 g/mol. The number of nitrogens with one attached hydrogen (secondary N) is 1. The topological polar surface area (TPSA) is 64.6 Å². The normalized spacial score (nSPS) is 11.5. The van der Waals surface area contributed by atoms with Gasteiger partial charge in [0.25, 0.3) is 0 Å². The first-order chi connectivity index (χ1) is 14.7. The molecule has 0 heterocycles. The van der Waals surface area contributed by atoms with E-state index >= 15 is 0 Å². The second kappa shape index (κ2) is 10.9. The van der Waals surface area contributed by atoms with Gasteiger partial charge < -0.3 is 14.8 Å². The van der Waals surface area contributed by atoms with Gasteiger partial charge in [-0.15, -0.1) is 0 Å². The molecule has 5 nitrogen and oxygen atoms in total. The Morgan fingerprint density at radius 1 is 0.800 bits per heavy atom. The maximum atomic E-state index is 12.2. The van der Waals surface area contributed by atoms with Crippen molar-refractivity contribution in [2.75, 3.05) is 13.7 Å². The minimum Gasteiger partial charge on any atom is -0.467 e. The molecule has 3 rings (SSSR count). The smallest absolute Gasteiger partial charge is 0.328 e. The molecule has 1 amide bonds. The molecule has 1 atom stereocenters. The van der Waals surface area contributed by atoms with Crippen LogP contribution in [0.1, 0.15) is 11.1 Å². The third kappa shape index (κ3) is 6.29. The standard InChI is InChI=1S/C25H25NO4/c1-29-25(28)23(26-24(27)18-30-17-20-8-4-2-5-9-20)16-19-12-14-22(15-13-19)21-10-6-3-7-11-21/h2-15,23H,16-18H2,1H3,(H,26,27)/t23-/m0/s1. The number of carbonyl (C=O) groups is 2. The van der Waals surface area contributed by atoms with Crippen molar-refractivity contribution in [2.45, 2.75) is 19.1 Å². The van der Waals surface area contributed by atoms with Gasteiger partial charge in [0, 0.05) is 6.42 Å². The van der Waals surface area contributed by atoms with Crippen LogP contribution in [-0.4, -0.2) is 31.6 Å². The van der Waals surface area contributed by atoms with Gasteiger partial charge in [0.2, 0.25) is 5.91 Å². The minimum atomic E-state index is -0.773. The number of benzene rings is 3. The van der Waals surface area contributed by atoms with Crippen molar-refractivity contribution < 1.29 is 19.1 Å². The van der Waals surface area contributed by atoms with Gasteiger partial charge in [-0.2, -0.15) is 0 Å². The van der Waals surface area contributed by atoms with Crippen LogP contribution in [0, 0.1) is 0 Å². The average Bonchev–Trinajstić information content (AvgIpc) is 2.80. The van der Waals surface area contributed by atoms with E-state index in [4.69, 9.17) is 9.47 Å². The van der Waals surface area contributed by atoms with Crippen molar-refractivity contribution in [1.29, 1.82) is 0 Å². The lowest BCUT2D eigenvalue weighted by atomic mass is 10.0. The molecule has 0 radical (unpaired) electrons. The second-order valence-corrected chi connectivity index (χ2v) is 6.89. The summed E-state index contributed by atoms with van der Waals surface area (Å²) in [6, 6.07) is 26.8. The van der Waals surface area contributed by atoms with Gasteiger partial charge in [-0.3, -0.25) is 4.79 Å². The predicted octanol–water partition coefficient (Wildman–Crippen LogP) is 3.77. The Morgan fingerprint density at radius 3 is 2.03 bits per heavy atom. The second-order valence-electron chi connectivity index (χ2n) is 6.89. The summed E-state index contributed by atoms with van der Waals surface area (Å²) in [6.45, 7) is 0.202. The van der Waals surface area contributed by atoms with E-state index in [-0.39, 0.29) is 12.5 Å². The molecule has 0 unspecified atom stereocenters. The van der Waals surface area contributed by atoms with Crippen LogP contribution in [0.4, 0.5) is 0 Å². The molecule has 0 saturated carbocycles. The zero-order valence-corrected chi connectivity index (χ0v) is 16.9. The number of carbonyl (C=O) groups excluding carboxylic acids is 2. The van der Waals surface area contributed by atoms with E-state index < -0.39 is 12.0 Å². The highest BCUT2D eigenvalue weighted by atomic mass is 16.5. The number of hydrogen-bond acceptors (Lipinski definition) is 4. The summed E-state index contributed by atoms with van der Waals surface area (Å²) in [5.41, 5.74) is 4.12. The summed E-state index contributed by atoms with van der Waals surface area (Å²) in [7, 11) is 1.31. The van der Waals surface area contributed by atoms with E-state index in [0.717, 1.165) is 22.3 Å². The van der Waals surface area contributed by atoms with E-state index in [2.05, 4.69) is 5.32 Å². The van der Waals surface area contributed by atoms with Crippen molar-refractivity contribution in [1.82, 2.24) is 5.32 Å². The molecule has 154 valence electrons. The van der Waals surface area contributed by atoms with Crippen LogP contribution in [0.5, 0.6) is 0 Å². The van der Waals surface area contributed by atoms with Crippen molar-refractivity contribution in [3.63, 3.8) is 0 Å². The highest BCUT2D eigenvalue weighted by Gasteiger charge is 2.22. The average molecular weight is 403 g/mol. The molecule has 0 fully saturated rings. The van der Waals surface area contributed by atoms with Gasteiger partial charge in [-0.1, -0.05) is 84.9 Å². The third-order valence-electron chi connectivity index (χ3n) is 4.67. The number of rotatable bonds is 9. The Morgan fingerprint density at radius 2 is 1.40 bits per heavy atom. The maximum absolute atomic E-state index is 12.2. The number of amides is 1. The number of methoxy groups -OCH3 is 1. The summed E-state index contributed by atoms with van der Waals surface area (Å²) < 4.78 is 10.3. The molecule has 30 heavy (non-hydrogen) atoms. The molecule has 0 saturated heterocycles. The van der Waals surface area contributed by atoms with Crippen molar-refractivity contribution >= 4 is 11.9 Å². The van der Waals surface area contributed by atoms with Gasteiger partial charge in [-0.05, 0) is 22.3 Å². The fourth-order valence-corrected chi connectivity index (χ4v) is 3.11. The zero-order chi connectivity index (χ0) is 21.2. The van der Waals surface area contributed by atoms with Crippen LogP contribution < -0.4 is 5.32 Å². The Balaban J connectivity index is 1.56. The minimum absolute atomic E-state index is 0.130. The maximum Gasteiger partial charge on any atom is 0.328 e. The van der Waals surface area contributed by atoms with Crippen LogP contribution >= 0.6 is 0 Å². The van der Waals surface area contributed by atoms with E-state index in [1.807, 2.05) is 84.9 Å². The van der Waals surface area contributed by atoms with Gasteiger partial charge in [0.1, 0.15) is 12.6 Å². The highest BCUT2D eigenvalue weighted by molar-refractivity contribution is 5.85. The fraction of sp³-hybridized carbons (Fsp3) is 0.200. The van der Waals surface area contributed by atoms with Gasteiger partial charge >= 0.3 is 5.97 Å². The molecule has 3 aromatic carbocycles. The van der Waals surface area contributed by atoms with Gasteiger partial charge in [0.15, 0.2) is 0 Å². The quantitative estimate of drug-likeness (QED) is 0.553. The van der Waals surface area contributed by atoms with E-state index in [1.165, 1.54) is 7.11 Å². The third-order valence-corrected chi connectivity index (χ3v) is 4.67. The molecular formula is C25H25NO4. The molecule has 3 aromatic rings. The monoisotopic (exact) mass is 403 g/mol. The first-order valence-electron chi connectivity index (χ1n) is 9.79. The largest absolute Gasteiger partial charge is 0.467 e. The Bertz CT molecular complexity index is 940. The summed E-state index contributed by atoms with van der Waals surface area (Å²) >= 11 is 0.